The summed E-state index contributed by atoms with van der Waals surface area (Å²) in [6.45, 7) is 2.02. The summed E-state index contributed by atoms with van der Waals surface area (Å²) in [4.78, 5) is 0. The van der Waals surface area contributed by atoms with Gasteiger partial charge in [0.1, 0.15) is 5.82 Å². The van der Waals surface area contributed by atoms with E-state index in [9.17, 15) is 0 Å². The molecular weight excluding hydrogens is 210 g/mol. The van der Waals surface area contributed by atoms with Crippen LogP contribution in [0.2, 0.25) is 5.02 Å². The van der Waals surface area contributed by atoms with Gasteiger partial charge >= 0.3 is 0 Å². The Kier molecular flexibility index (Phi) is 2.40. The van der Waals surface area contributed by atoms with Crippen LogP contribution in [0.25, 0.3) is 11.3 Å². The largest absolute Gasteiger partial charge is 0.384 e. The summed E-state index contributed by atoms with van der Waals surface area (Å²) in [5, 5.41) is 5.02. The maximum Gasteiger partial charge on any atom is 0.121 e. The summed E-state index contributed by atoms with van der Waals surface area (Å²) in [7, 11) is 1.82. The second kappa shape index (κ2) is 3.59. The third-order valence-electron chi connectivity index (χ3n) is 2.39. The molecular formula is C11H12ClN3. The molecule has 2 N–H and O–H groups in total. The fraction of sp³-hybridized carbons (Fsp3) is 0.182. The first-order chi connectivity index (χ1) is 7.08. The number of hydrogen-bond donors (Lipinski definition) is 1. The van der Waals surface area contributed by atoms with Gasteiger partial charge in [0.05, 0.1) is 5.69 Å². The Balaban J connectivity index is 2.58. The predicted molar refractivity (Wildman–Crippen MR) is 62.8 cm³/mol. The van der Waals surface area contributed by atoms with Gasteiger partial charge in [-0.15, -0.1) is 0 Å². The van der Waals surface area contributed by atoms with Crippen LogP contribution < -0.4 is 5.73 Å². The smallest absolute Gasteiger partial charge is 0.121 e. The number of aryl methyl sites for hydroxylation is 2. The van der Waals surface area contributed by atoms with Crippen LogP contribution in [0.15, 0.2) is 24.3 Å². The first-order valence-corrected chi connectivity index (χ1v) is 5.02. The lowest BCUT2D eigenvalue weighted by atomic mass is 10.1. The molecule has 15 heavy (non-hydrogen) atoms. The van der Waals surface area contributed by atoms with Gasteiger partial charge in [-0.1, -0.05) is 17.7 Å². The number of hydrogen-bond acceptors (Lipinski definition) is 2. The number of halogens is 1. The average Bonchev–Trinajstić information content (AvgIpc) is 2.51. The molecule has 2 rings (SSSR count). The van der Waals surface area contributed by atoms with Crippen molar-refractivity contribution in [2.24, 2.45) is 7.05 Å². The van der Waals surface area contributed by atoms with Crippen molar-refractivity contribution in [3.63, 3.8) is 0 Å². The second-order valence-electron chi connectivity index (χ2n) is 3.54. The molecule has 0 atom stereocenters. The molecule has 0 aliphatic carbocycles. The number of aromatic nitrogens is 2. The Labute approximate surface area is 93.5 Å². The van der Waals surface area contributed by atoms with E-state index >= 15 is 0 Å². The Hall–Kier alpha value is -1.48. The minimum absolute atomic E-state index is 0.643. The van der Waals surface area contributed by atoms with E-state index in [0.717, 1.165) is 16.8 Å². The Morgan fingerprint density at radius 3 is 2.67 bits per heavy atom. The summed E-state index contributed by atoms with van der Waals surface area (Å²) in [5.74, 6) is 0.643. The molecule has 0 bridgehead atoms. The van der Waals surface area contributed by atoms with Crippen LogP contribution in [-0.2, 0) is 7.05 Å². The van der Waals surface area contributed by atoms with E-state index < -0.39 is 0 Å². The van der Waals surface area contributed by atoms with E-state index in [1.54, 1.807) is 4.68 Å². The van der Waals surface area contributed by atoms with E-state index in [1.165, 1.54) is 0 Å². The Bertz CT molecular complexity index is 483. The number of benzene rings is 1. The molecule has 0 unspecified atom stereocenters. The Morgan fingerprint density at radius 1 is 1.33 bits per heavy atom. The van der Waals surface area contributed by atoms with Gasteiger partial charge in [-0.2, -0.15) is 5.10 Å². The molecule has 0 fully saturated rings. The van der Waals surface area contributed by atoms with Gasteiger partial charge in [-0.05, 0) is 24.6 Å². The minimum Gasteiger partial charge on any atom is -0.384 e. The summed E-state index contributed by atoms with van der Waals surface area (Å²) >= 11 is 5.95. The van der Waals surface area contributed by atoms with Crippen LogP contribution in [-0.4, -0.2) is 9.78 Å². The number of nitrogens with two attached hydrogens (primary N) is 1. The molecule has 0 spiro atoms. The van der Waals surface area contributed by atoms with Crippen LogP contribution >= 0.6 is 11.6 Å². The molecule has 1 aromatic heterocycles. The summed E-state index contributed by atoms with van der Waals surface area (Å²) < 4.78 is 1.65. The fourth-order valence-corrected chi connectivity index (χ4v) is 1.66. The maximum absolute atomic E-state index is 5.95. The van der Waals surface area contributed by atoms with Crippen molar-refractivity contribution in [1.29, 1.82) is 0 Å². The first kappa shape index (κ1) is 10.1. The van der Waals surface area contributed by atoms with Gasteiger partial charge in [0, 0.05) is 23.7 Å². The lowest BCUT2D eigenvalue weighted by molar-refractivity contribution is 0.782. The van der Waals surface area contributed by atoms with Gasteiger partial charge in [0.25, 0.3) is 0 Å². The summed E-state index contributed by atoms with van der Waals surface area (Å²) in [6.07, 6.45) is 0. The summed E-state index contributed by atoms with van der Waals surface area (Å²) in [5.41, 5.74) is 8.75. The molecule has 0 aliphatic rings. The van der Waals surface area contributed by atoms with E-state index in [0.29, 0.717) is 10.8 Å². The van der Waals surface area contributed by atoms with E-state index in [-0.39, 0.29) is 0 Å². The van der Waals surface area contributed by atoms with Gasteiger partial charge < -0.3 is 5.73 Å². The summed E-state index contributed by atoms with van der Waals surface area (Å²) in [6, 6.07) is 7.59. The van der Waals surface area contributed by atoms with Crippen molar-refractivity contribution in [2.75, 3.05) is 5.73 Å². The predicted octanol–water partition coefficient (Wildman–Crippen LogP) is 2.63. The number of nitrogens with zero attached hydrogens (tertiary/aromatic N) is 2. The van der Waals surface area contributed by atoms with Crippen molar-refractivity contribution in [1.82, 2.24) is 9.78 Å². The molecule has 0 saturated carbocycles. The average molecular weight is 222 g/mol. The van der Waals surface area contributed by atoms with Crippen LogP contribution in [0, 0.1) is 6.92 Å². The molecule has 1 heterocycles. The normalized spacial score (nSPS) is 10.6. The minimum atomic E-state index is 0.643. The zero-order valence-electron chi connectivity index (χ0n) is 8.66. The van der Waals surface area contributed by atoms with Crippen molar-refractivity contribution < 1.29 is 0 Å². The van der Waals surface area contributed by atoms with Crippen molar-refractivity contribution in [3.8, 4) is 11.3 Å². The van der Waals surface area contributed by atoms with Crippen molar-refractivity contribution in [2.45, 2.75) is 6.92 Å². The van der Waals surface area contributed by atoms with Crippen molar-refractivity contribution in [3.05, 3.63) is 34.9 Å². The van der Waals surface area contributed by atoms with Crippen LogP contribution in [0.1, 0.15) is 5.56 Å². The number of anilines is 1. The van der Waals surface area contributed by atoms with E-state index in [1.807, 2.05) is 38.2 Å². The molecule has 0 saturated heterocycles. The highest BCUT2D eigenvalue weighted by molar-refractivity contribution is 6.30. The molecule has 1 aromatic carbocycles. The zero-order chi connectivity index (χ0) is 11.0. The van der Waals surface area contributed by atoms with E-state index in [2.05, 4.69) is 5.10 Å². The molecule has 78 valence electrons. The topological polar surface area (TPSA) is 43.8 Å². The van der Waals surface area contributed by atoms with Crippen LogP contribution in [0.5, 0.6) is 0 Å². The van der Waals surface area contributed by atoms with Gasteiger partial charge in [-0.3, -0.25) is 4.68 Å². The second-order valence-corrected chi connectivity index (χ2v) is 3.97. The van der Waals surface area contributed by atoms with E-state index in [4.69, 9.17) is 17.3 Å². The molecule has 3 nitrogen and oxygen atoms in total. The molecule has 0 radical (unpaired) electrons. The van der Waals surface area contributed by atoms with Crippen molar-refractivity contribution >= 4 is 17.4 Å². The lowest BCUT2D eigenvalue weighted by Crippen LogP contribution is -1.96. The monoisotopic (exact) mass is 221 g/mol. The fourth-order valence-electron chi connectivity index (χ4n) is 1.48. The van der Waals surface area contributed by atoms with Crippen LogP contribution in [0.3, 0.4) is 0 Å². The van der Waals surface area contributed by atoms with Gasteiger partial charge in [0.15, 0.2) is 0 Å². The molecule has 0 aliphatic heterocycles. The Morgan fingerprint density at radius 2 is 2.07 bits per heavy atom. The zero-order valence-corrected chi connectivity index (χ0v) is 9.42. The highest BCUT2D eigenvalue weighted by Crippen LogP contribution is 2.26. The highest BCUT2D eigenvalue weighted by Gasteiger charge is 2.07. The molecule has 2 aromatic rings. The quantitative estimate of drug-likeness (QED) is 0.805. The lowest BCUT2D eigenvalue weighted by Gasteiger charge is -2.02. The molecule has 0 amide bonds. The number of rotatable bonds is 1. The standard InChI is InChI=1S/C11H12ClN3/c1-7-3-4-8(12)5-9(7)10-6-11(13)15(2)14-10/h3-6H,13H2,1-2H3. The van der Waals surface area contributed by atoms with Gasteiger partial charge in [-0.25, -0.2) is 0 Å². The third-order valence-corrected chi connectivity index (χ3v) is 2.63. The highest BCUT2D eigenvalue weighted by atomic mass is 35.5. The SMILES string of the molecule is Cc1ccc(Cl)cc1-c1cc(N)n(C)n1. The molecule has 4 heteroatoms. The third kappa shape index (κ3) is 1.83. The first-order valence-electron chi connectivity index (χ1n) is 4.64. The maximum atomic E-state index is 5.95. The number of nitrogen functional groups attached to an aromatic ring is 1. The van der Waals surface area contributed by atoms with Gasteiger partial charge in [0.2, 0.25) is 0 Å². The van der Waals surface area contributed by atoms with Crippen LogP contribution in [0.4, 0.5) is 5.82 Å².